The number of imide groups is 1. The Hall–Kier alpha value is -1.89. The third-order valence-electron chi connectivity index (χ3n) is 3.85. The number of benzene rings is 1. The van der Waals surface area contributed by atoms with E-state index < -0.39 is 11.9 Å². The number of aryl methyl sites for hydroxylation is 1. The molecule has 2 aromatic rings. The highest BCUT2D eigenvalue weighted by Crippen LogP contribution is 2.25. The van der Waals surface area contributed by atoms with Crippen molar-refractivity contribution in [1.29, 1.82) is 0 Å². The van der Waals surface area contributed by atoms with Gasteiger partial charge in [-0.1, -0.05) is 28.1 Å². The second-order valence-corrected chi connectivity index (χ2v) is 5.66. The molecule has 1 saturated heterocycles. The Morgan fingerprint density at radius 1 is 1.33 bits per heavy atom. The number of nitrogens with one attached hydrogen (secondary N) is 1. The Kier molecular flexibility index (Phi) is 3.44. The number of rotatable bonds is 2. The molecular formula is C14H14BrN3O3. The van der Waals surface area contributed by atoms with Gasteiger partial charge in [-0.3, -0.25) is 24.0 Å². The van der Waals surface area contributed by atoms with E-state index in [2.05, 4.69) is 21.2 Å². The number of aromatic nitrogens is 2. The Balaban J connectivity index is 2.24. The van der Waals surface area contributed by atoms with Crippen LogP contribution < -0.4 is 11.0 Å². The topological polar surface area (TPSA) is 73.1 Å². The molecule has 2 amide bonds. The molecule has 1 aliphatic heterocycles. The summed E-state index contributed by atoms with van der Waals surface area (Å²) in [5.74, 6) is -0.698. The first-order valence-corrected chi connectivity index (χ1v) is 7.75. The summed E-state index contributed by atoms with van der Waals surface area (Å²) in [5, 5.41) is 2.92. The van der Waals surface area contributed by atoms with Crippen LogP contribution in [-0.4, -0.2) is 20.9 Å². The fraction of sp³-hybridized carbons (Fsp3) is 0.357. The number of nitrogens with zero attached hydrogens (tertiary/aromatic N) is 2. The lowest BCUT2D eigenvalue weighted by Crippen LogP contribution is -2.44. The molecule has 21 heavy (non-hydrogen) atoms. The molecule has 0 radical (unpaired) electrons. The Labute approximate surface area is 128 Å². The highest BCUT2D eigenvalue weighted by molar-refractivity contribution is 9.08. The molecule has 0 saturated carbocycles. The molecule has 1 atom stereocenters. The zero-order valence-electron chi connectivity index (χ0n) is 11.4. The van der Waals surface area contributed by atoms with Crippen LogP contribution in [0, 0.1) is 0 Å². The molecule has 1 unspecified atom stereocenters. The molecule has 6 nitrogen and oxygen atoms in total. The average molecular weight is 352 g/mol. The van der Waals surface area contributed by atoms with E-state index in [1.807, 2.05) is 18.2 Å². The smallest absolute Gasteiger partial charge is 0.295 e. The summed E-state index contributed by atoms with van der Waals surface area (Å²) in [6, 6.07) is 4.99. The number of imidazole rings is 1. The molecule has 3 rings (SSSR count). The Morgan fingerprint density at radius 2 is 2.10 bits per heavy atom. The lowest BCUT2D eigenvalue weighted by atomic mass is 10.1. The molecule has 1 aliphatic rings. The van der Waals surface area contributed by atoms with Crippen molar-refractivity contribution in [2.45, 2.75) is 24.2 Å². The van der Waals surface area contributed by atoms with Gasteiger partial charge in [0.1, 0.15) is 6.04 Å². The third kappa shape index (κ3) is 2.12. The van der Waals surface area contributed by atoms with Crippen LogP contribution in [0.4, 0.5) is 0 Å². The second kappa shape index (κ2) is 5.14. The molecule has 1 fully saturated rings. The van der Waals surface area contributed by atoms with Crippen molar-refractivity contribution in [1.82, 2.24) is 14.5 Å². The number of hydrogen-bond acceptors (Lipinski definition) is 3. The first-order valence-electron chi connectivity index (χ1n) is 6.63. The summed E-state index contributed by atoms with van der Waals surface area (Å²) in [5.41, 5.74) is 2.27. The second-order valence-electron chi connectivity index (χ2n) is 5.10. The van der Waals surface area contributed by atoms with E-state index in [1.54, 1.807) is 11.6 Å². The lowest BCUT2D eigenvalue weighted by molar-refractivity contribution is -0.135. The first kappa shape index (κ1) is 14.1. The minimum Gasteiger partial charge on any atom is -0.295 e. The van der Waals surface area contributed by atoms with Gasteiger partial charge in [-0.2, -0.15) is 0 Å². The number of carbonyl (C=O) groups excluding carboxylic acids is 2. The molecule has 7 heteroatoms. The van der Waals surface area contributed by atoms with E-state index in [0.717, 1.165) is 11.1 Å². The number of halogens is 1. The van der Waals surface area contributed by atoms with Gasteiger partial charge in [0.25, 0.3) is 0 Å². The normalized spacial score (nSPS) is 19.0. The molecule has 0 bridgehead atoms. The molecule has 110 valence electrons. The van der Waals surface area contributed by atoms with Crippen LogP contribution in [0.5, 0.6) is 0 Å². The minimum atomic E-state index is -0.635. The fourth-order valence-electron chi connectivity index (χ4n) is 2.86. The van der Waals surface area contributed by atoms with Gasteiger partial charge in [-0.05, 0) is 18.1 Å². The fourth-order valence-corrected chi connectivity index (χ4v) is 3.31. The van der Waals surface area contributed by atoms with E-state index in [9.17, 15) is 14.4 Å². The maximum atomic E-state index is 12.5. The van der Waals surface area contributed by atoms with Crippen molar-refractivity contribution < 1.29 is 9.59 Å². The van der Waals surface area contributed by atoms with E-state index in [-0.39, 0.29) is 18.0 Å². The molecule has 2 heterocycles. The summed E-state index contributed by atoms with van der Waals surface area (Å²) in [7, 11) is 1.69. The van der Waals surface area contributed by atoms with E-state index >= 15 is 0 Å². The number of fused-ring (bicyclic) bond motifs is 1. The third-order valence-corrected chi connectivity index (χ3v) is 4.46. The van der Waals surface area contributed by atoms with Crippen molar-refractivity contribution in [3.05, 3.63) is 34.2 Å². The largest absolute Gasteiger partial charge is 0.329 e. The highest BCUT2D eigenvalue weighted by atomic mass is 79.9. The quantitative estimate of drug-likeness (QED) is 0.652. The number of piperidine rings is 1. The number of hydrogen-bond donors (Lipinski definition) is 1. The molecule has 1 N–H and O–H groups in total. The highest BCUT2D eigenvalue weighted by Gasteiger charge is 2.31. The van der Waals surface area contributed by atoms with Crippen LogP contribution in [0.1, 0.15) is 24.4 Å². The maximum Gasteiger partial charge on any atom is 0.329 e. The lowest BCUT2D eigenvalue weighted by Gasteiger charge is -2.21. The van der Waals surface area contributed by atoms with Crippen molar-refractivity contribution in [2.75, 3.05) is 0 Å². The summed E-state index contributed by atoms with van der Waals surface area (Å²) >= 11 is 3.41. The van der Waals surface area contributed by atoms with Crippen LogP contribution >= 0.6 is 15.9 Å². The number of alkyl halides is 1. The van der Waals surface area contributed by atoms with Crippen molar-refractivity contribution in [3.8, 4) is 0 Å². The monoisotopic (exact) mass is 351 g/mol. The predicted molar refractivity (Wildman–Crippen MR) is 81.2 cm³/mol. The molecule has 0 spiro atoms. The predicted octanol–water partition coefficient (Wildman–Crippen LogP) is 1.21. The summed E-state index contributed by atoms with van der Waals surface area (Å²) < 4.78 is 3.04. The van der Waals surface area contributed by atoms with E-state index in [4.69, 9.17) is 0 Å². The summed E-state index contributed by atoms with van der Waals surface area (Å²) in [6.45, 7) is 0. The Morgan fingerprint density at radius 3 is 2.76 bits per heavy atom. The van der Waals surface area contributed by atoms with Gasteiger partial charge in [-0.25, -0.2) is 4.79 Å². The average Bonchev–Trinajstić information content (AvgIpc) is 2.72. The molecule has 0 aliphatic carbocycles. The van der Waals surface area contributed by atoms with Crippen LogP contribution in [0.2, 0.25) is 0 Å². The van der Waals surface area contributed by atoms with Crippen LogP contribution in [0.15, 0.2) is 23.0 Å². The zero-order valence-corrected chi connectivity index (χ0v) is 13.0. The summed E-state index contributed by atoms with van der Waals surface area (Å²) in [6.07, 6.45) is 0.597. The number of amides is 2. The van der Waals surface area contributed by atoms with Crippen molar-refractivity contribution in [2.24, 2.45) is 7.05 Å². The number of carbonyl (C=O) groups is 2. The SMILES string of the molecule is Cn1c(=O)n(C2CCC(=O)NC2=O)c2cccc(CBr)c21. The number of para-hydroxylation sites is 1. The van der Waals surface area contributed by atoms with Crippen molar-refractivity contribution >= 4 is 38.8 Å². The van der Waals surface area contributed by atoms with E-state index in [0.29, 0.717) is 17.3 Å². The van der Waals surface area contributed by atoms with Gasteiger partial charge in [0.15, 0.2) is 0 Å². The molecule has 1 aromatic carbocycles. The van der Waals surface area contributed by atoms with Crippen molar-refractivity contribution in [3.63, 3.8) is 0 Å². The Bertz CT molecular complexity index is 806. The van der Waals surface area contributed by atoms with Gasteiger partial charge < -0.3 is 0 Å². The molecular weight excluding hydrogens is 338 g/mol. The van der Waals surface area contributed by atoms with Gasteiger partial charge in [0, 0.05) is 18.8 Å². The van der Waals surface area contributed by atoms with Gasteiger partial charge in [0.05, 0.1) is 11.0 Å². The van der Waals surface area contributed by atoms with Crippen LogP contribution in [-0.2, 0) is 22.0 Å². The van der Waals surface area contributed by atoms with Crippen LogP contribution in [0.3, 0.4) is 0 Å². The van der Waals surface area contributed by atoms with Gasteiger partial charge in [-0.15, -0.1) is 0 Å². The van der Waals surface area contributed by atoms with E-state index in [1.165, 1.54) is 4.57 Å². The van der Waals surface area contributed by atoms with Crippen LogP contribution in [0.25, 0.3) is 11.0 Å². The summed E-state index contributed by atoms with van der Waals surface area (Å²) in [4.78, 5) is 35.9. The zero-order chi connectivity index (χ0) is 15.1. The standard InChI is InChI=1S/C14H14BrN3O3/c1-17-12-8(7-15)3-2-4-9(12)18(14(17)21)10-5-6-11(19)16-13(10)20/h2-4,10H,5-7H2,1H3,(H,16,19,20). The molecule has 1 aromatic heterocycles. The van der Waals surface area contributed by atoms with Gasteiger partial charge >= 0.3 is 5.69 Å². The van der Waals surface area contributed by atoms with Gasteiger partial charge in [0.2, 0.25) is 11.8 Å². The maximum absolute atomic E-state index is 12.5. The minimum absolute atomic E-state index is 0.243. The first-order chi connectivity index (χ1) is 10.0.